The molecule has 1 aromatic heterocycles. The lowest BCUT2D eigenvalue weighted by molar-refractivity contribution is -0.124. The maximum absolute atomic E-state index is 11.6. The van der Waals surface area contributed by atoms with Gasteiger partial charge in [-0.1, -0.05) is 0 Å². The molecular weight excluding hydrogens is 252 g/mol. The Balaban J connectivity index is 2.28. The summed E-state index contributed by atoms with van der Waals surface area (Å²) in [6, 6.07) is 1.84. The summed E-state index contributed by atoms with van der Waals surface area (Å²) in [7, 11) is 0. The van der Waals surface area contributed by atoms with Gasteiger partial charge in [-0.3, -0.25) is 4.79 Å². The fourth-order valence-electron chi connectivity index (χ4n) is 1.52. The van der Waals surface area contributed by atoms with Crippen LogP contribution in [-0.4, -0.2) is 36.8 Å². The zero-order chi connectivity index (χ0) is 13.4. The molecule has 6 heteroatoms. The third-order valence-electron chi connectivity index (χ3n) is 2.50. The Kier molecular flexibility index (Phi) is 6.89. The standard InChI is InChI=1S/C12H20N2O3S/c1-2-17-10(6-13)5-12(16)14-7-11(15)9-3-4-18-8-9/h3-4,8,10-11,15H,2,5-7,13H2,1H3,(H,14,16). The van der Waals surface area contributed by atoms with Crippen molar-refractivity contribution in [1.29, 1.82) is 0 Å². The molecule has 0 bridgehead atoms. The molecule has 5 nitrogen and oxygen atoms in total. The van der Waals surface area contributed by atoms with Crippen LogP contribution in [0.5, 0.6) is 0 Å². The molecule has 0 aromatic carbocycles. The molecule has 18 heavy (non-hydrogen) atoms. The smallest absolute Gasteiger partial charge is 0.222 e. The molecule has 4 N–H and O–H groups in total. The Morgan fingerprint density at radius 3 is 3.00 bits per heavy atom. The van der Waals surface area contributed by atoms with E-state index in [1.165, 1.54) is 11.3 Å². The third kappa shape index (κ3) is 5.14. The van der Waals surface area contributed by atoms with Gasteiger partial charge in [-0.2, -0.15) is 11.3 Å². The van der Waals surface area contributed by atoms with Crippen molar-refractivity contribution >= 4 is 17.2 Å². The molecule has 0 aliphatic heterocycles. The van der Waals surface area contributed by atoms with Crippen LogP contribution in [0.1, 0.15) is 25.0 Å². The van der Waals surface area contributed by atoms with Gasteiger partial charge in [-0.25, -0.2) is 0 Å². The normalized spacial score (nSPS) is 14.2. The summed E-state index contributed by atoms with van der Waals surface area (Å²) in [6.45, 7) is 2.92. The molecule has 1 rings (SSSR count). The van der Waals surface area contributed by atoms with Gasteiger partial charge in [-0.15, -0.1) is 0 Å². The average Bonchev–Trinajstić information content (AvgIpc) is 2.89. The summed E-state index contributed by atoms with van der Waals surface area (Å²) in [5.41, 5.74) is 6.31. The van der Waals surface area contributed by atoms with Crippen molar-refractivity contribution < 1.29 is 14.6 Å². The number of aliphatic hydroxyl groups is 1. The summed E-state index contributed by atoms with van der Waals surface area (Å²) < 4.78 is 5.29. The van der Waals surface area contributed by atoms with E-state index in [1.807, 2.05) is 23.8 Å². The van der Waals surface area contributed by atoms with Crippen molar-refractivity contribution in [2.75, 3.05) is 19.7 Å². The SMILES string of the molecule is CCOC(CN)CC(=O)NCC(O)c1ccsc1. The Morgan fingerprint density at radius 2 is 2.44 bits per heavy atom. The third-order valence-corrected chi connectivity index (χ3v) is 3.20. The predicted octanol–water partition coefficient (Wildman–Crippen LogP) is 0.652. The Hall–Kier alpha value is -0.950. The van der Waals surface area contributed by atoms with E-state index in [1.54, 1.807) is 0 Å². The van der Waals surface area contributed by atoms with Gasteiger partial charge in [0.2, 0.25) is 5.91 Å². The van der Waals surface area contributed by atoms with Crippen LogP contribution < -0.4 is 11.1 Å². The topological polar surface area (TPSA) is 84.6 Å². The van der Waals surface area contributed by atoms with Gasteiger partial charge in [0.15, 0.2) is 0 Å². The highest BCUT2D eigenvalue weighted by atomic mass is 32.1. The lowest BCUT2D eigenvalue weighted by Crippen LogP contribution is -2.34. The van der Waals surface area contributed by atoms with E-state index in [-0.39, 0.29) is 25.0 Å². The second kappa shape index (κ2) is 8.20. The molecular formula is C12H20N2O3S. The van der Waals surface area contributed by atoms with E-state index >= 15 is 0 Å². The Labute approximate surface area is 111 Å². The van der Waals surface area contributed by atoms with Crippen LogP contribution in [0.3, 0.4) is 0 Å². The summed E-state index contributed by atoms with van der Waals surface area (Å²) in [4.78, 5) is 11.6. The van der Waals surface area contributed by atoms with Gasteiger partial charge in [0, 0.05) is 19.7 Å². The molecule has 0 aliphatic rings. The monoisotopic (exact) mass is 272 g/mol. The van der Waals surface area contributed by atoms with E-state index in [2.05, 4.69) is 5.32 Å². The van der Waals surface area contributed by atoms with Crippen LogP contribution in [0.2, 0.25) is 0 Å². The number of thiophene rings is 1. The number of carbonyl (C=O) groups excluding carboxylic acids is 1. The van der Waals surface area contributed by atoms with Gasteiger partial charge >= 0.3 is 0 Å². The lowest BCUT2D eigenvalue weighted by Gasteiger charge is -2.15. The number of ether oxygens (including phenoxy) is 1. The van der Waals surface area contributed by atoms with E-state index in [4.69, 9.17) is 10.5 Å². The predicted molar refractivity (Wildman–Crippen MR) is 71.4 cm³/mol. The van der Waals surface area contributed by atoms with Crippen LogP contribution in [0, 0.1) is 0 Å². The highest BCUT2D eigenvalue weighted by Crippen LogP contribution is 2.15. The van der Waals surface area contributed by atoms with Crippen LogP contribution >= 0.6 is 11.3 Å². The minimum atomic E-state index is -0.663. The van der Waals surface area contributed by atoms with Gasteiger partial charge < -0.3 is 20.9 Å². The number of nitrogens with two attached hydrogens (primary N) is 1. The molecule has 2 atom stereocenters. The maximum atomic E-state index is 11.6. The zero-order valence-electron chi connectivity index (χ0n) is 10.5. The number of hydrogen-bond acceptors (Lipinski definition) is 5. The Bertz CT molecular complexity index is 343. The summed E-state index contributed by atoms with van der Waals surface area (Å²) >= 11 is 1.51. The molecule has 0 fully saturated rings. The minimum Gasteiger partial charge on any atom is -0.387 e. The van der Waals surface area contributed by atoms with Gasteiger partial charge in [-0.05, 0) is 29.3 Å². The van der Waals surface area contributed by atoms with Crippen molar-refractivity contribution in [3.63, 3.8) is 0 Å². The highest BCUT2D eigenvalue weighted by Gasteiger charge is 2.14. The molecule has 1 aromatic rings. The second-order valence-corrected chi connectivity index (χ2v) is 4.67. The first kappa shape index (κ1) is 15.1. The van der Waals surface area contributed by atoms with Crippen molar-refractivity contribution in [3.05, 3.63) is 22.4 Å². The summed E-state index contributed by atoms with van der Waals surface area (Å²) in [5.74, 6) is -0.159. The second-order valence-electron chi connectivity index (χ2n) is 3.89. The van der Waals surface area contributed by atoms with Gasteiger partial charge in [0.25, 0.3) is 0 Å². The van der Waals surface area contributed by atoms with Crippen molar-refractivity contribution in [3.8, 4) is 0 Å². The molecule has 2 unspecified atom stereocenters. The van der Waals surface area contributed by atoms with Gasteiger partial charge in [0.1, 0.15) is 0 Å². The van der Waals surface area contributed by atoms with Crippen molar-refractivity contribution in [2.45, 2.75) is 25.6 Å². The van der Waals surface area contributed by atoms with Crippen LogP contribution in [0.25, 0.3) is 0 Å². The van der Waals surface area contributed by atoms with E-state index in [0.29, 0.717) is 13.2 Å². The molecule has 1 heterocycles. The van der Waals surface area contributed by atoms with E-state index in [9.17, 15) is 9.90 Å². The molecule has 0 radical (unpaired) electrons. The minimum absolute atomic E-state index is 0.159. The zero-order valence-corrected chi connectivity index (χ0v) is 11.3. The molecule has 102 valence electrons. The maximum Gasteiger partial charge on any atom is 0.222 e. The van der Waals surface area contributed by atoms with Crippen LogP contribution in [0.15, 0.2) is 16.8 Å². The van der Waals surface area contributed by atoms with E-state index < -0.39 is 6.10 Å². The average molecular weight is 272 g/mol. The first-order chi connectivity index (χ1) is 8.67. The quantitative estimate of drug-likeness (QED) is 0.649. The summed E-state index contributed by atoms with van der Waals surface area (Å²) in [6.07, 6.45) is -0.697. The first-order valence-corrected chi connectivity index (χ1v) is 6.90. The largest absolute Gasteiger partial charge is 0.387 e. The van der Waals surface area contributed by atoms with Crippen molar-refractivity contribution in [1.82, 2.24) is 5.32 Å². The molecule has 0 spiro atoms. The molecule has 0 saturated heterocycles. The lowest BCUT2D eigenvalue weighted by atomic mass is 10.2. The van der Waals surface area contributed by atoms with Crippen LogP contribution in [-0.2, 0) is 9.53 Å². The van der Waals surface area contributed by atoms with E-state index in [0.717, 1.165) is 5.56 Å². The fourth-order valence-corrected chi connectivity index (χ4v) is 2.22. The number of amides is 1. The first-order valence-electron chi connectivity index (χ1n) is 5.95. The van der Waals surface area contributed by atoms with Crippen LogP contribution in [0.4, 0.5) is 0 Å². The molecule has 0 saturated carbocycles. The molecule has 0 aliphatic carbocycles. The number of carbonyl (C=O) groups is 1. The van der Waals surface area contributed by atoms with Gasteiger partial charge in [0.05, 0.1) is 18.6 Å². The summed E-state index contributed by atoms with van der Waals surface area (Å²) in [5, 5.41) is 16.2. The highest BCUT2D eigenvalue weighted by molar-refractivity contribution is 7.07. The van der Waals surface area contributed by atoms with Crippen molar-refractivity contribution in [2.24, 2.45) is 5.73 Å². The number of hydrogen-bond donors (Lipinski definition) is 3. The number of rotatable bonds is 8. The number of nitrogens with one attached hydrogen (secondary N) is 1. The Morgan fingerprint density at radius 1 is 1.67 bits per heavy atom. The number of aliphatic hydroxyl groups excluding tert-OH is 1. The molecule has 1 amide bonds. The fraction of sp³-hybridized carbons (Fsp3) is 0.583.